The summed E-state index contributed by atoms with van der Waals surface area (Å²) >= 11 is 0. The molecular weight excluding hydrogens is 659 g/mol. The molecule has 1 saturated heterocycles. The van der Waals surface area contributed by atoms with Gasteiger partial charge in [0, 0.05) is 20.0 Å². The smallest absolute Gasteiger partial charge is 0.547 e. The van der Waals surface area contributed by atoms with Gasteiger partial charge in [0.05, 0.1) is 24.1 Å². The Hall–Kier alpha value is -0.410. The van der Waals surface area contributed by atoms with Crippen molar-refractivity contribution in [2.24, 2.45) is 0 Å². The van der Waals surface area contributed by atoms with Crippen LogP contribution in [0, 0.1) is 0 Å². The first-order valence-corrected chi connectivity index (χ1v) is 20.7. The van der Waals surface area contributed by atoms with Gasteiger partial charge in [-0.25, -0.2) is 0 Å². The average Bonchev–Trinajstić information content (AvgIpc) is 3.46. The first-order chi connectivity index (χ1) is 23.7. The Morgan fingerprint density at radius 1 is 0.540 bits per heavy atom. The van der Waals surface area contributed by atoms with Crippen molar-refractivity contribution in [1.82, 2.24) is 4.90 Å². The van der Waals surface area contributed by atoms with E-state index in [4.69, 9.17) is 10.2 Å². The van der Waals surface area contributed by atoms with Crippen molar-refractivity contribution in [2.45, 2.75) is 232 Å². The number of aliphatic hydroxyl groups is 2. The van der Waals surface area contributed by atoms with E-state index in [1.165, 1.54) is 141 Å². The summed E-state index contributed by atoms with van der Waals surface area (Å²) in [4.78, 5) is 32.9. The topological polar surface area (TPSA) is 141 Å². The van der Waals surface area contributed by atoms with E-state index in [-0.39, 0.29) is 37.7 Å². The van der Waals surface area contributed by atoms with E-state index in [1.54, 1.807) is 4.90 Å². The van der Waals surface area contributed by atoms with Gasteiger partial charge in [0.2, 0.25) is 5.91 Å². The fourth-order valence-electron chi connectivity index (χ4n) is 6.08. The van der Waals surface area contributed by atoms with Crippen LogP contribution in [0.5, 0.6) is 0 Å². The third-order valence-electron chi connectivity index (χ3n) is 9.52. The number of aliphatic carboxylic acids is 2. The number of carbonyl (C=O) groups is 3. The molecule has 9 heteroatoms. The van der Waals surface area contributed by atoms with Gasteiger partial charge >= 0.3 is 37.7 Å². The largest absolute Gasteiger partial charge is 2.00 e. The molecule has 2 unspecified atom stereocenters. The Bertz CT molecular complexity index is 692. The van der Waals surface area contributed by atoms with Crippen LogP contribution in [0.2, 0.25) is 0 Å². The summed E-state index contributed by atoms with van der Waals surface area (Å²) < 4.78 is 0. The zero-order valence-electron chi connectivity index (χ0n) is 33.1. The Morgan fingerprint density at radius 2 is 0.780 bits per heavy atom. The summed E-state index contributed by atoms with van der Waals surface area (Å²) in [6, 6.07) is 0. The molecule has 1 aliphatic heterocycles. The van der Waals surface area contributed by atoms with Crippen LogP contribution in [0.4, 0.5) is 0 Å². The minimum Gasteiger partial charge on any atom is -0.547 e. The van der Waals surface area contributed by atoms with Crippen LogP contribution in [0.15, 0.2) is 0 Å². The van der Waals surface area contributed by atoms with E-state index < -0.39 is 24.1 Å². The normalized spacial score (nSPS) is 13.5. The molecule has 1 rings (SSSR count). The Labute approximate surface area is 338 Å². The second-order valence-corrected chi connectivity index (χ2v) is 14.4. The molecule has 2 N–H and O–H groups in total. The number of aliphatic hydroxyl groups excluding tert-OH is 2. The molecule has 0 aliphatic carbocycles. The van der Waals surface area contributed by atoms with Gasteiger partial charge in [0.25, 0.3) is 0 Å². The average molecular weight is 738 g/mol. The van der Waals surface area contributed by atoms with E-state index in [9.17, 15) is 24.6 Å². The Morgan fingerprint density at radius 3 is 0.940 bits per heavy atom. The van der Waals surface area contributed by atoms with E-state index in [0.717, 1.165) is 57.9 Å². The molecule has 292 valence electrons. The van der Waals surface area contributed by atoms with Crippen LogP contribution in [0.25, 0.3) is 0 Å². The maximum absolute atomic E-state index is 10.5. The quantitative estimate of drug-likeness (QED) is 0.0530. The SMILES string of the molecule is CCCCCCCCCCCCCCCCC(O)C(=O)[O-].CCCCCCCCCCCCCCCCC(O)C(=O)[O-].CN1CCCC1=O.[Ca+2]. The third-order valence-corrected chi connectivity index (χ3v) is 9.52. The Kier molecular flexibility index (Phi) is 46.4. The molecular formula is C41H79CaNO7. The first-order valence-electron chi connectivity index (χ1n) is 20.7. The molecule has 1 heterocycles. The van der Waals surface area contributed by atoms with Gasteiger partial charge in [0.1, 0.15) is 0 Å². The second-order valence-electron chi connectivity index (χ2n) is 14.4. The number of amides is 1. The number of hydrogen-bond donors (Lipinski definition) is 2. The minimum absolute atomic E-state index is 0. The van der Waals surface area contributed by atoms with Crippen LogP contribution in [0.1, 0.15) is 219 Å². The number of carboxylic acid groups (broad SMARTS) is 2. The van der Waals surface area contributed by atoms with Crippen LogP contribution in [-0.2, 0) is 14.4 Å². The van der Waals surface area contributed by atoms with Gasteiger partial charge in [-0.05, 0) is 19.3 Å². The molecule has 1 amide bonds. The number of rotatable bonds is 32. The van der Waals surface area contributed by atoms with Gasteiger partial charge < -0.3 is 34.9 Å². The van der Waals surface area contributed by atoms with Crippen LogP contribution in [0.3, 0.4) is 0 Å². The zero-order chi connectivity index (χ0) is 36.8. The molecule has 2 atom stereocenters. The molecule has 0 radical (unpaired) electrons. The summed E-state index contributed by atoms with van der Waals surface area (Å²) in [6.45, 7) is 5.47. The maximum Gasteiger partial charge on any atom is 2.00 e. The molecule has 1 aliphatic rings. The van der Waals surface area contributed by atoms with Crippen molar-refractivity contribution in [1.29, 1.82) is 0 Å². The van der Waals surface area contributed by atoms with Crippen LogP contribution < -0.4 is 10.2 Å². The summed E-state index contributed by atoms with van der Waals surface area (Å²) in [5.74, 6) is -2.39. The summed E-state index contributed by atoms with van der Waals surface area (Å²) in [6.07, 6.45) is 35.7. The van der Waals surface area contributed by atoms with Gasteiger partial charge in [-0.15, -0.1) is 0 Å². The standard InChI is InChI=1S/2C18H36O3.C5H9NO.Ca/c2*1-2-3-4-5-6-7-8-9-10-11-12-13-14-15-16-17(19)18(20)21;1-6-4-2-3-5(6)7;/h2*17,19H,2-16H2,1H3,(H,20,21);2-4H2,1H3;/q;;;+2/p-2. The number of unbranched alkanes of at least 4 members (excludes halogenated alkanes) is 26. The molecule has 50 heavy (non-hydrogen) atoms. The van der Waals surface area contributed by atoms with Crippen molar-refractivity contribution in [3.63, 3.8) is 0 Å². The summed E-state index contributed by atoms with van der Waals surface area (Å²) in [5, 5.41) is 38.7. The van der Waals surface area contributed by atoms with Gasteiger partial charge in [-0.3, -0.25) is 4.79 Å². The van der Waals surface area contributed by atoms with Crippen LogP contribution in [-0.4, -0.2) is 96.5 Å². The van der Waals surface area contributed by atoms with Crippen molar-refractivity contribution < 1.29 is 34.8 Å². The summed E-state index contributed by atoms with van der Waals surface area (Å²) in [5.41, 5.74) is 0. The van der Waals surface area contributed by atoms with E-state index in [2.05, 4.69) is 13.8 Å². The number of carbonyl (C=O) groups excluding carboxylic acids is 3. The minimum atomic E-state index is -1.34. The van der Waals surface area contributed by atoms with Gasteiger partial charge in [0.15, 0.2) is 0 Å². The molecule has 0 aromatic carbocycles. The van der Waals surface area contributed by atoms with Crippen molar-refractivity contribution in [3.8, 4) is 0 Å². The third kappa shape index (κ3) is 42.0. The van der Waals surface area contributed by atoms with E-state index >= 15 is 0 Å². The molecule has 1 fully saturated rings. The monoisotopic (exact) mass is 738 g/mol. The van der Waals surface area contributed by atoms with Gasteiger partial charge in [-0.1, -0.05) is 194 Å². The number of likely N-dealkylation sites (tertiary alicyclic amines) is 1. The van der Waals surface area contributed by atoms with Gasteiger partial charge in [-0.2, -0.15) is 0 Å². The van der Waals surface area contributed by atoms with Crippen molar-refractivity contribution in [3.05, 3.63) is 0 Å². The number of carboxylic acids is 2. The van der Waals surface area contributed by atoms with Crippen molar-refractivity contribution >= 4 is 55.6 Å². The Balaban J connectivity index is -0.000000725. The summed E-state index contributed by atoms with van der Waals surface area (Å²) in [7, 11) is 1.84. The predicted octanol–water partition coefficient (Wildman–Crippen LogP) is 7.80. The molecule has 0 aromatic rings. The number of nitrogens with zero attached hydrogens (tertiary/aromatic N) is 1. The first kappa shape index (κ1) is 53.9. The van der Waals surface area contributed by atoms with Crippen LogP contribution >= 0.6 is 0 Å². The molecule has 0 saturated carbocycles. The number of hydrogen-bond acceptors (Lipinski definition) is 7. The van der Waals surface area contributed by atoms with E-state index in [0.29, 0.717) is 18.7 Å². The zero-order valence-corrected chi connectivity index (χ0v) is 35.3. The van der Waals surface area contributed by atoms with E-state index in [1.807, 2.05) is 7.05 Å². The second kappa shape index (κ2) is 43.0. The fraction of sp³-hybridized carbons (Fsp3) is 0.927. The molecule has 8 nitrogen and oxygen atoms in total. The molecule has 0 aromatic heterocycles. The maximum atomic E-state index is 10.5. The molecule has 0 bridgehead atoms. The van der Waals surface area contributed by atoms with Crippen molar-refractivity contribution in [2.75, 3.05) is 13.6 Å². The molecule has 0 spiro atoms. The fourth-order valence-corrected chi connectivity index (χ4v) is 6.08. The predicted molar refractivity (Wildman–Crippen MR) is 205 cm³/mol.